The Morgan fingerprint density at radius 1 is 1.20 bits per heavy atom. The fourth-order valence-electron chi connectivity index (χ4n) is 2.38. The van der Waals surface area contributed by atoms with Gasteiger partial charge in [-0.15, -0.1) is 0 Å². The van der Waals surface area contributed by atoms with E-state index in [1.165, 1.54) is 16.5 Å². The summed E-state index contributed by atoms with van der Waals surface area (Å²) < 4.78 is 0. The summed E-state index contributed by atoms with van der Waals surface area (Å²) in [5.41, 5.74) is 4.91. The van der Waals surface area contributed by atoms with E-state index in [2.05, 4.69) is 67.3 Å². The number of hydrogen-bond acceptors (Lipinski definition) is 3. The summed E-state index contributed by atoms with van der Waals surface area (Å²) in [6, 6.07) is 8.41. The second-order valence-electron chi connectivity index (χ2n) is 5.39. The van der Waals surface area contributed by atoms with E-state index < -0.39 is 0 Å². The Bertz CT molecular complexity index is 578. The predicted molar refractivity (Wildman–Crippen MR) is 86.1 cm³/mol. The molecule has 1 aromatic carbocycles. The number of hydrogen-bond donors (Lipinski definition) is 1. The molecule has 0 saturated heterocycles. The molecule has 0 aliphatic heterocycles. The van der Waals surface area contributed by atoms with E-state index in [9.17, 15) is 0 Å². The first-order valence-corrected chi connectivity index (χ1v) is 7.37. The summed E-state index contributed by atoms with van der Waals surface area (Å²) in [7, 11) is 2.15. The molecule has 0 saturated carbocycles. The first kappa shape index (κ1) is 14.9. The minimum atomic E-state index is 0.910. The molecule has 2 rings (SSSR count). The first-order valence-electron chi connectivity index (χ1n) is 7.37. The minimum Gasteiger partial charge on any atom is -0.311 e. The molecule has 0 fully saturated rings. The van der Waals surface area contributed by atoms with Gasteiger partial charge in [-0.3, -0.25) is 4.98 Å². The maximum Gasteiger partial charge on any atom is 0.0708 e. The van der Waals surface area contributed by atoms with Crippen LogP contribution in [0.3, 0.4) is 0 Å². The van der Waals surface area contributed by atoms with Crippen LogP contribution < -0.4 is 5.32 Å². The minimum absolute atomic E-state index is 0.910. The Hall–Kier alpha value is -1.45. The lowest BCUT2D eigenvalue weighted by molar-refractivity contribution is 0.349. The molecule has 0 amide bonds. The SMILES string of the molecule is CCN(C)CCNCc1c(C)c(C)nc2ccccc12. The number of benzene rings is 1. The Balaban J connectivity index is 2.14. The van der Waals surface area contributed by atoms with Crippen LogP contribution in [0.15, 0.2) is 24.3 Å². The Morgan fingerprint density at radius 2 is 1.95 bits per heavy atom. The topological polar surface area (TPSA) is 28.2 Å². The number of likely N-dealkylation sites (N-methyl/N-ethyl adjacent to an activating group) is 1. The summed E-state index contributed by atoms with van der Waals surface area (Å²) in [4.78, 5) is 6.98. The molecule has 2 aromatic rings. The van der Waals surface area contributed by atoms with Crippen LogP contribution >= 0.6 is 0 Å². The van der Waals surface area contributed by atoms with E-state index in [0.29, 0.717) is 0 Å². The molecule has 3 heteroatoms. The van der Waals surface area contributed by atoms with E-state index in [1.54, 1.807) is 0 Å². The van der Waals surface area contributed by atoms with Gasteiger partial charge in [0.05, 0.1) is 5.52 Å². The van der Waals surface area contributed by atoms with Crippen molar-refractivity contribution in [2.75, 3.05) is 26.7 Å². The van der Waals surface area contributed by atoms with Crippen molar-refractivity contribution >= 4 is 10.9 Å². The van der Waals surface area contributed by atoms with Crippen molar-refractivity contribution < 1.29 is 0 Å². The highest BCUT2D eigenvalue weighted by Crippen LogP contribution is 2.22. The third-order valence-corrected chi connectivity index (χ3v) is 4.02. The Morgan fingerprint density at radius 3 is 2.70 bits per heavy atom. The maximum atomic E-state index is 4.67. The molecule has 1 heterocycles. The molecule has 0 aliphatic rings. The first-order chi connectivity index (χ1) is 9.63. The molecule has 20 heavy (non-hydrogen) atoms. The second kappa shape index (κ2) is 6.82. The van der Waals surface area contributed by atoms with Gasteiger partial charge in [0, 0.05) is 30.7 Å². The van der Waals surface area contributed by atoms with E-state index in [-0.39, 0.29) is 0 Å². The van der Waals surface area contributed by atoms with Gasteiger partial charge >= 0.3 is 0 Å². The zero-order valence-electron chi connectivity index (χ0n) is 13.0. The van der Waals surface area contributed by atoms with Crippen molar-refractivity contribution in [2.24, 2.45) is 0 Å². The van der Waals surface area contributed by atoms with Gasteiger partial charge in [0.1, 0.15) is 0 Å². The second-order valence-corrected chi connectivity index (χ2v) is 5.39. The van der Waals surface area contributed by atoms with E-state index in [1.807, 2.05) is 0 Å². The van der Waals surface area contributed by atoms with Gasteiger partial charge in [-0.1, -0.05) is 25.1 Å². The highest BCUT2D eigenvalue weighted by atomic mass is 15.1. The third kappa shape index (κ3) is 3.35. The predicted octanol–water partition coefficient (Wildman–Crippen LogP) is 2.89. The van der Waals surface area contributed by atoms with Gasteiger partial charge in [0.25, 0.3) is 0 Å². The van der Waals surface area contributed by atoms with E-state index in [4.69, 9.17) is 0 Å². The fraction of sp³-hybridized carbons (Fsp3) is 0.471. The van der Waals surface area contributed by atoms with Crippen LogP contribution in [-0.2, 0) is 6.54 Å². The van der Waals surface area contributed by atoms with Crippen LogP contribution in [-0.4, -0.2) is 36.6 Å². The average molecular weight is 271 g/mol. The van der Waals surface area contributed by atoms with Gasteiger partial charge in [-0.05, 0) is 44.6 Å². The van der Waals surface area contributed by atoms with Crippen LogP contribution in [0.1, 0.15) is 23.7 Å². The van der Waals surface area contributed by atoms with Crippen molar-refractivity contribution in [2.45, 2.75) is 27.3 Å². The molecule has 0 atom stereocenters. The number of rotatable bonds is 6. The lowest BCUT2D eigenvalue weighted by Crippen LogP contribution is -2.29. The molecule has 108 valence electrons. The summed E-state index contributed by atoms with van der Waals surface area (Å²) in [6.07, 6.45) is 0. The van der Waals surface area contributed by atoms with Crippen LogP contribution in [0.4, 0.5) is 0 Å². The van der Waals surface area contributed by atoms with Gasteiger partial charge < -0.3 is 10.2 Å². The molecule has 1 N–H and O–H groups in total. The zero-order chi connectivity index (χ0) is 14.5. The molecule has 0 unspecified atom stereocenters. The summed E-state index contributed by atoms with van der Waals surface area (Å²) in [5.74, 6) is 0. The van der Waals surface area contributed by atoms with Gasteiger partial charge in [0.15, 0.2) is 0 Å². The van der Waals surface area contributed by atoms with Crippen LogP contribution in [0, 0.1) is 13.8 Å². The van der Waals surface area contributed by atoms with Crippen LogP contribution in [0.5, 0.6) is 0 Å². The monoisotopic (exact) mass is 271 g/mol. The summed E-state index contributed by atoms with van der Waals surface area (Å²) >= 11 is 0. The van der Waals surface area contributed by atoms with Crippen molar-refractivity contribution in [3.63, 3.8) is 0 Å². The normalized spacial score (nSPS) is 11.4. The van der Waals surface area contributed by atoms with Crippen molar-refractivity contribution in [3.05, 3.63) is 41.1 Å². The molecule has 0 bridgehead atoms. The largest absolute Gasteiger partial charge is 0.311 e. The lowest BCUT2D eigenvalue weighted by atomic mass is 10.0. The van der Waals surface area contributed by atoms with Gasteiger partial charge in [-0.25, -0.2) is 0 Å². The van der Waals surface area contributed by atoms with Crippen molar-refractivity contribution in [1.82, 2.24) is 15.2 Å². The standard InChI is InChI=1S/C17H25N3/c1-5-20(4)11-10-18-12-16-13(2)14(3)19-17-9-7-6-8-15(16)17/h6-9,18H,5,10-12H2,1-4H3. The van der Waals surface area contributed by atoms with Crippen LogP contribution in [0.25, 0.3) is 10.9 Å². The summed E-state index contributed by atoms with van der Waals surface area (Å²) in [6.45, 7) is 10.5. The van der Waals surface area contributed by atoms with Crippen molar-refractivity contribution in [1.29, 1.82) is 0 Å². The Kier molecular flexibility index (Phi) is 5.10. The van der Waals surface area contributed by atoms with E-state index >= 15 is 0 Å². The fourth-order valence-corrected chi connectivity index (χ4v) is 2.38. The molecule has 0 radical (unpaired) electrons. The zero-order valence-corrected chi connectivity index (χ0v) is 13.0. The van der Waals surface area contributed by atoms with E-state index in [0.717, 1.165) is 37.4 Å². The molecule has 3 nitrogen and oxygen atoms in total. The highest BCUT2D eigenvalue weighted by molar-refractivity contribution is 5.83. The molecule has 1 aromatic heterocycles. The summed E-state index contributed by atoms with van der Waals surface area (Å²) in [5, 5.41) is 4.83. The molecular formula is C17H25N3. The molecule has 0 spiro atoms. The third-order valence-electron chi connectivity index (χ3n) is 4.02. The number of nitrogens with one attached hydrogen (secondary N) is 1. The lowest BCUT2D eigenvalue weighted by Gasteiger charge is -2.16. The number of fused-ring (bicyclic) bond motifs is 1. The Labute approximate surface area is 122 Å². The number of pyridine rings is 1. The molecule has 0 aliphatic carbocycles. The quantitative estimate of drug-likeness (QED) is 0.819. The number of nitrogens with zero attached hydrogens (tertiary/aromatic N) is 2. The van der Waals surface area contributed by atoms with Crippen molar-refractivity contribution in [3.8, 4) is 0 Å². The number of aromatic nitrogens is 1. The average Bonchev–Trinajstić information content (AvgIpc) is 2.46. The van der Waals surface area contributed by atoms with Gasteiger partial charge in [-0.2, -0.15) is 0 Å². The van der Waals surface area contributed by atoms with Crippen LogP contribution in [0.2, 0.25) is 0 Å². The number of para-hydroxylation sites is 1. The highest BCUT2D eigenvalue weighted by Gasteiger charge is 2.08. The smallest absolute Gasteiger partial charge is 0.0708 e. The number of aryl methyl sites for hydroxylation is 1. The maximum absolute atomic E-state index is 4.67. The van der Waals surface area contributed by atoms with Gasteiger partial charge in [0.2, 0.25) is 0 Å². The molecular weight excluding hydrogens is 246 g/mol.